The molecule has 1 aromatic heterocycles. The highest BCUT2D eigenvalue weighted by molar-refractivity contribution is 5.69. The molecule has 2 rings (SSSR count). The number of carbonyl (C=O) groups excluding carboxylic acids is 1. The molecular formula is C15H24N4O2. The van der Waals surface area contributed by atoms with Gasteiger partial charge in [0.2, 0.25) is 0 Å². The number of rotatable bonds is 2. The standard InChI is InChI=1S/C15H24N4O2/c1-10-7-12(16)13(17-8-10)18-11-5-6-19(9-11)14(20)21-15(2,3)4/h7-8,11H,5-6,9,16H2,1-4H3,(H,17,18). The lowest BCUT2D eigenvalue weighted by Gasteiger charge is -2.24. The molecule has 0 saturated carbocycles. The van der Waals surface area contributed by atoms with Gasteiger partial charge in [-0.25, -0.2) is 9.78 Å². The zero-order valence-corrected chi connectivity index (χ0v) is 13.1. The molecule has 3 N–H and O–H groups in total. The normalized spacial score (nSPS) is 18.7. The minimum atomic E-state index is -0.467. The summed E-state index contributed by atoms with van der Waals surface area (Å²) in [6.07, 6.45) is 2.37. The van der Waals surface area contributed by atoms with Gasteiger partial charge in [0.15, 0.2) is 0 Å². The molecule has 0 aromatic carbocycles. The molecule has 116 valence electrons. The fourth-order valence-corrected chi connectivity index (χ4v) is 2.28. The van der Waals surface area contributed by atoms with E-state index < -0.39 is 5.60 Å². The van der Waals surface area contributed by atoms with Gasteiger partial charge in [-0.3, -0.25) is 0 Å². The molecule has 0 spiro atoms. The van der Waals surface area contributed by atoms with Crippen molar-refractivity contribution in [2.45, 2.75) is 45.8 Å². The number of likely N-dealkylation sites (tertiary alicyclic amines) is 1. The molecule has 0 bridgehead atoms. The minimum absolute atomic E-state index is 0.148. The van der Waals surface area contributed by atoms with Crippen molar-refractivity contribution in [3.8, 4) is 0 Å². The van der Waals surface area contributed by atoms with Gasteiger partial charge in [-0.1, -0.05) is 0 Å². The van der Waals surface area contributed by atoms with Crippen molar-refractivity contribution in [1.29, 1.82) is 0 Å². The van der Waals surface area contributed by atoms with Crippen LogP contribution in [0.1, 0.15) is 32.8 Å². The van der Waals surface area contributed by atoms with Crippen LogP contribution in [0, 0.1) is 6.92 Å². The van der Waals surface area contributed by atoms with E-state index in [1.807, 2.05) is 33.8 Å². The van der Waals surface area contributed by atoms with Crippen LogP contribution in [0.15, 0.2) is 12.3 Å². The molecule has 0 aliphatic carbocycles. The third-order valence-electron chi connectivity index (χ3n) is 3.23. The van der Waals surface area contributed by atoms with Crippen molar-refractivity contribution in [2.75, 3.05) is 24.1 Å². The first kappa shape index (κ1) is 15.4. The van der Waals surface area contributed by atoms with Gasteiger partial charge in [-0.05, 0) is 45.7 Å². The number of carbonyl (C=O) groups is 1. The Labute approximate surface area is 125 Å². The second-order valence-corrected chi connectivity index (χ2v) is 6.51. The van der Waals surface area contributed by atoms with Crippen molar-refractivity contribution < 1.29 is 9.53 Å². The maximum absolute atomic E-state index is 12.0. The SMILES string of the molecule is Cc1cnc(NC2CCN(C(=O)OC(C)(C)C)C2)c(N)c1. The van der Waals surface area contributed by atoms with Crippen molar-refractivity contribution in [2.24, 2.45) is 0 Å². The average Bonchev–Trinajstić information content (AvgIpc) is 2.79. The third-order valence-corrected chi connectivity index (χ3v) is 3.23. The average molecular weight is 292 g/mol. The molecule has 6 heteroatoms. The van der Waals surface area contributed by atoms with Crippen LogP contribution in [0.5, 0.6) is 0 Å². The van der Waals surface area contributed by atoms with Gasteiger partial charge in [-0.2, -0.15) is 0 Å². The highest BCUT2D eigenvalue weighted by Gasteiger charge is 2.30. The Bertz CT molecular complexity index is 525. The zero-order valence-electron chi connectivity index (χ0n) is 13.1. The largest absolute Gasteiger partial charge is 0.444 e. The van der Waals surface area contributed by atoms with Crippen molar-refractivity contribution >= 4 is 17.6 Å². The van der Waals surface area contributed by atoms with Crippen LogP contribution < -0.4 is 11.1 Å². The number of amides is 1. The molecule has 21 heavy (non-hydrogen) atoms. The fraction of sp³-hybridized carbons (Fsp3) is 0.600. The summed E-state index contributed by atoms with van der Waals surface area (Å²) in [7, 11) is 0. The number of pyridine rings is 1. The Balaban J connectivity index is 1.92. The summed E-state index contributed by atoms with van der Waals surface area (Å²) in [6, 6.07) is 2.03. The minimum Gasteiger partial charge on any atom is -0.444 e. The lowest BCUT2D eigenvalue weighted by Crippen LogP contribution is -2.36. The zero-order chi connectivity index (χ0) is 15.6. The molecule has 2 heterocycles. The number of aryl methyl sites for hydroxylation is 1. The molecule has 1 amide bonds. The summed E-state index contributed by atoms with van der Waals surface area (Å²) in [4.78, 5) is 18.0. The lowest BCUT2D eigenvalue weighted by molar-refractivity contribution is 0.0293. The van der Waals surface area contributed by atoms with Gasteiger partial charge in [0.05, 0.1) is 5.69 Å². The van der Waals surface area contributed by atoms with Crippen LogP contribution in [0.4, 0.5) is 16.3 Å². The number of nitrogen functional groups attached to an aromatic ring is 1. The molecule has 1 fully saturated rings. The van der Waals surface area contributed by atoms with Crippen LogP contribution in [-0.2, 0) is 4.74 Å². The van der Waals surface area contributed by atoms with Crippen LogP contribution in [0.2, 0.25) is 0 Å². The first-order valence-corrected chi connectivity index (χ1v) is 7.21. The van der Waals surface area contributed by atoms with Crippen LogP contribution in [0.3, 0.4) is 0 Å². The van der Waals surface area contributed by atoms with E-state index in [1.54, 1.807) is 11.1 Å². The highest BCUT2D eigenvalue weighted by Crippen LogP contribution is 2.21. The van der Waals surface area contributed by atoms with Crippen molar-refractivity contribution in [3.05, 3.63) is 17.8 Å². The van der Waals surface area contributed by atoms with E-state index in [0.717, 1.165) is 12.0 Å². The van der Waals surface area contributed by atoms with Gasteiger partial charge in [-0.15, -0.1) is 0 Å². The molecule has 0 radical (unpaired) electrons. The molecular weight excluding hydrogens is 268 g/mol. The van der Waals surface area contributed by atoms with Crippen LogP contribution >= 0.6 is 0 Å². The maximum atomic E-state index is 12.0. The number of nitrogens with one attached hydrogen (secondary N) is 1. The molecule has 1 atom stereocenters. The van der Waals surface area contributed by atoms with E-state index in [9.17, 15) is 4.79 Å². The Morgan fingerprint density at radius 3 is 2.86 bits per heavy atom. The molecule has 1 aliphatic heterocycles. The Kier molecular flexibility index (Phi) is 4.25. The quantitative estimate of drug-likeness (QED) is 0.875. The van der Waals surface area contributed by atoms with Crippen LogP contribution in [-0.4, -0.2) is 40.7 Å². The molecule has 1 saturated heterocycles. The first-order chi connectivity index (χ1) is 9.74. The first-order valence-electron chi connectivity index (χ1n) is 7.21. The predicted octanol–water partition coefficient (Wildman–Crippen LogP) is 2.39. The lowest BCUT2D eigenvalue weighted by atomic mass is 10.2. The molecule has 1 unspecified atom stereocenters. The number of aromatic nitrogens is 1. The van der Waals surface area contributed by atoms with Crippen molar-refractivity contribution in [1.82, 2.24) is 9.88 Å². The summed E-state index contributed by atoms with van der Waals surface area (Å²) in [5, 5.41) is 3.30. The predicted molar refractivity (Wildman–Crippen MR) is 83.2 cm³/mol. The molecule has 6 nitrogen and oxygen atoms in total. The number of nitrogens with zero attached hydrogens (tertiary/aromatic N) is 2. The Morgan fingerprint density at radius 2 is 2.24 bits per heavy atom. The van der Waals surface area contributed by atoms with Gasteiger partial charge >= 0.3 is 6.09 Å². The van der Waals surface area contributed by atoms with Crippen LogP contribution in [0.25, 0.3) is 0 Å². The van der Waals surface area contributed by atoms with E-state index in [2.05, 4.69) is 10.3 Å². The van der Waals surface area contributed by atoms with Gasteiger partial charge in [0.25, 0.3) is 0 Å². The second kappa shape index (κ2) is 5.79. The van der Waals surface area contributed by atoms with Gasteiger partial charge in [0, 0.05) is 25.3 Å². The van der Waals surface area contributed by atoms with E-state index in [1.165, 1.54) is 0 Å². The topological polar surface area (TPSA) is 80.5 Å². The molecule has 1 aliphatic rings. The maximum Gasteiger partial charge on any atom is 0.410 e. The Hall–Kier alpha value is -1.98. The number of hydrogen-bond donors (Lipinski definition) is 2. The fourth-order valence-electron chi connectivity index (χ4n) is 2.28. The monoisotopic (exact) mass is 292 g/mol. The van der Waals surface area contributed by atoms with Gasteiger partial charge in [0.1, 0.15) is 11.4 Å². The summed E-state index contributed by atoms with van der Waals surface area (Å²) in [6.45, 7) is 8.84. The van der Waals surface area contributed by atoms with Crippen molar-refractivity contribution in [3.63, 3.8) is 0 Å². The van der Waals surface area contributed by atoms with E-state index in [4.69, 9.17) is 10.5 Å². The number of hydrogen-bond acceptors (Lipinski definition) is 5. The third kappa shape index (κ3) is 4.24. The summed E-state index contributed by atoms with van der Waals surface area (Å²) < 4.78 is 5.38. The Morgan fingerprint density at radius 1 is 1.52 bits per heavy atom. The number of nitrogens with two attached hydrogens (primary N) is 1. The summed E-state index contributed by atoms with van der Waals surface area (Å²) in [5.74, 6) is 0.677. The van der Waals surface area contributed by atoms with E-state index in [-0.39, 0.29) is 12.1 Å². The highest BCUT2D eigenvalue weighted by atomic mass is 16.6. The summed E-state index contributed by atoms with van der Waals surface area (Å²) >= 11 is 0. The van der Waals surface area contributed by atoms with E-state index >= 15 is 0 Å². The molecule has 1 aromatic rings. The second-order valence-electron chi connectivity index (χ2n) is 6.51. The van der Waals surface area contributed by atoms with E-state index in [0.29, 0.717) is 24.6 Å². The smallest absolute Gasteiger partial charge is 0.410 e. The number of anilines is 2. The summed E-state index contributed by atoms with van der Waals surface area (Å²) in [5.41, 5.74) is 7.14. The number of ether oxygens (including phenoxy) is 1. The van der Waals surface area contributed by atoms with Gasteiger partial charge < -0.3 is 20.7 Å².